The van der Waals surface area contributed by atoms with E-state index in [1.807, 2.05) is 54.3 Å². The Morgan fingerprint density at radius 1 is 1.00 bits per heavy atom. The van der Waals surface area contributed by atoms with Crippen molar-refractivity contribution >= 4 is 38.4 Å². The lowest BCUT2D eigenvalue weighted by Crippen LogP contribution is -2.49. The molecule has 4 aromatic rings. The van der Waals surface area contributed by atoms with Crippen molar-refractivity contribution in [2.75, 3.05) is 29.5 Å². The second-order valence-corrected chi connectivity index (χ2v) is 11.6. The van der Waals surface area contributed by atoms with Gasteiger partial charge in [-0.05, 0) is 47.0 Å². The van der Waals surface area contributed by atoms with Gasteiger partial charge in [0, 0.05) is 36.8 Å². The highest BCUT2D eigenvalue weighted by atomic mass is 32.2. The van der Waals surface area contributed by atoms with E-state index in [1.54, 1.807) is 34.1 Å². The van der Waals surface area contributed by atoms with Crippen LogP contribution in [0.5, 0.6) is 0 Å². The molecule has 1 aliphatic heterocycles. The average Bonchev–Trinajstić information content (AvgIpc) is 3.31. The van der Waals surface area contributed by atoms with Gasteiger partial charge in [0.2, 0.25) is 0 Å². The zero-order valence-corrected chi connectivity index (χ0v) is 21.7. The van der Waals surface area contributed by atoms with E-state index in [0.717, 1.165) is 27.6 Å². The molecular weight excluding hydrogens is 504 g/mol. The first-order valence-corrected chi connectivity index (χ1v) is 14.0. The Morgan fingerprint density at radius 3 is 2.42 bits per heavy atom. The van der Waals surface area contributed by atoms with Gasteiger partial charge in [0.25, 0.3) is 5.91 Å². The Bertz CT molecular complexity index is 1600. The Morgan fingerprint density at radius 2 is 1.71 bits per heavy atom. The molecule has 10 nitrogen and oxygen atoms in total. The van der Waals surface area contributed by atoms with Crippen LogP contribution in [0.1, 0.15) is 15.9 Å². The number of amides is 3. The molecule has 0 saturated carbocycles. The average molecular weight is 533 g/mol. The quantitative estimate of drug-likeness (QED) is 0.231. The molecule has 1 aliphatic rings. The van der Waals surface area contributed by atoms with E-state index >= 15 is 0 Å². The largest absolute Gasteiger partial charge is 0.324 e. The first-order valence-electron chi connectivity index (χ1n) is 12.1. The second kappa shape index (κ2) is 10.3. The number of urea groups is 1. The topological polar surface area (TPSA) is 131 Å². The number of hydrogen-bond acceptors (Lipinski definition) is 6. The molecule has 3 N–H and O–H groups in total. The first-order chi connectivity index (χ1) is 18.2. The van der Waals surface area contributed by atoms with Crippen molar-refractivity contribution in [2.24, 2.45) is 12.9 Å². The number of hydrazine groups is 1. The molecule has 0 aliphatic carbocycles. The molecule has 0 spiro atoms. The van der Waals surface area contributed by atoms with Gasteiger partial charge in [-0.15, -0.1) is 0 Å². The Balaban J connectivity index is 1.49. The molecule has 38 heavy (non-hydrogen) atoms. The smallest absolute Gasteiger partial charge is 0.322 e. The van der Waals surface area contributed by atoms with Crippen LogP contribution in [0, 0.1) is 0 Å². The summed E-state index contributed by atoms with van der Waals surface area (Å²) >= 11 is 0. The number of carbonyl (C=O) groups is 2. The van der Waals surface area contributed by atoms with Crippen LogP contribution in [0.2, 0.25) is 0 Å². The highest BCUT2D eigenvalue weighted by Crippen LogP contribution is 2.29. The predicted octanol–water partition coefficient (Wildman–Crippen LogP) is 2.70. The zero-order valence-electron chi connectivity index (χ0n) is 20.9. The summed E-state index contributed by atoms with van der Waals surface area (Å²) in [5, 5.41) is 5.35. The van der Waals surface area contributed by atoms with Gasteiger partial charge in [-0.1, -0.05) is 36.4 Å². The summed E-state index contributed by atoms with van der Waals surface area (Å²) in [6.45, 7) is 0.519. The van der Waals surface area contributed by atoms with Crippen molar-refractivity contribution in [1.82, 2.24) is 20.1 Å². The van der Waals surface area contributed by atoms with E-state index in [2.05, 4.69) is 16.6 Å². The number of sulfone groups is 1. The van der Waals surface area contributed by atoms with Crippen LogP contribution < -0.4 is 16.2 Å². The summed E-state index contributed by atoms with van der Waals surface area (Å²) in [6, 6.07) is 20.3. The van der Waals surface area contributed by atoms with Gasteiger partial charge < -0.3 is 4.90 Å². The van der Waals surface area contributed by atoms with Crippen LogP contribution in [0.3, 0.4) is 0 Å². The minimum Gasteiger partial charge on any atom is -0.322 e. The monoisotopic (exact) mass is 532 g/mol. The number of carbonyl (C=O) groups excluding carboxylic acids is 2. The van der Waals surface area contributed by atoms with E-state index in [1.165, 1.54) is 0 Å². The van der Waals surface area contributed by atoms with Crippen molar-refractivity contribution < 1.29 is 18.0 Å². The summed E-state index contributed by atoms with van der Waals surface area (Å²) in [6.07, 6.45) is 1.82. The number of benzene rings is 3. The van der Waals surface area contributed by atoms with Gasteiger partial charge >= 0.3 is 6.03 Å². The maximum Gasteiger partial charge on any atom is 0.324 e. The molecule has 0 unspecified atom stereocenters. The number of nitrogens with two attached hydrogens (primary N) is 1. The third-order valence-electron chi connectivity index (χ3n) is 6.77. The number of nitrogens with zero attached hydrogens (tertiary/aromatic N) is 4. The minimum atomic E-state index is -3.14. The Hall–Kier alpha value is -4.22. The Kier molecular flexibility index (Phi) is 6.87. The minimum absolute atomic E-state index is 0.0553. The van der Waals surface area contributed by atoms with E-state index in [4.69, 9.17) is 5.84 Å². The van der Waals surface area contributed by atoms with Crippen molar-refractivity contribution in [3.05, 3.63) is 84.1 Å². The van der Waals surface area contributed by atoms with Crippen LogP contribution in [0.25, 0.3) is 22.0 Å². The van der Waals surface area contributed by atoms with E-state index in [-0.39, 0.29) is 37.2 Å². The number of fused-ring (bicyclic) bond motifs is 1. The lowest BCUT2D eigenvalue weighted by Gasteiger charge is -2.33. The number of anilines is 1. The molecule has 3 aromatic carbocycles. The lowest BCUT2D eigenvalue weighted by molar-refractivity contribution is 0.0953. The van der Waals surface area contributed by atoms with Crippen LogP contribution >= 0.6 is 0 Å². The van der Waals surface area contributed by atoms with Crippen molar-refractivity contribution in [1.29, 1.82) is 0 Å². The first kappa shape index (κ1) is 25.4. The van der Waals surface area contributed by atoms with Gasteiger partial charge in [0.15, 0.2) is 9.84 Å². The fourth-order valence-corrected chi connectivity index (χ4v) is 5.75. The fraction of sp³-hybridized carbons (Fsp3) is 0.222. The van der Waals surface area contributed by atoms with Gasteiger partial charge in [-0.2, -0.15) is 5.10 Å². The van der Waals surface area contributed by atoms with E-state index < -0.39 is 15.7 Å². The van der Waals surface area contributed by atoms with Gasteiger partial charge in [0.1, 0.15) is 0 Å². The molecule has 1 fully saturated rings. The molecular formula is C27H28N6O4S. The Labute approximate surface area is 220 Å². The molecule has 5 rings (SSSR count). The summed E-state index contributed by atoms with van der Waals surface area (Å²) < 4.78 is 25.7. The number of rotatable bonds is 5. The van der Waals surface area contributed by atoms with E-state index in [9.17, 15) is 18.0 Å². The van der Waals surface area contributed by atoms with Crippen LogP contribution in [-0.4, -0.2) is 59.6 Å². The zero-order chi connectivity index (χ0) is 26.9. The summed E-state index contributed by atoms with van der Waals surface area (Å²) in [7, 11) is -1.25. The number of nitrogens with one attached hydrogen (secondary N) is 1. The summed E-state index contributed by atoms with van der Waals surface area (Å²) in [5.41, 5.74) is 6.90. The molecule has 0 bridgehead atoms. The number of nitrogen functional groups attached to an aromatic ring is 1. The highest BCUT2D eigenvalue weighted by molar-refractivity contribution is 7.91. The van der Waals surface area contributed by atoms with Crippen molar-refractivity contribution in [2.45, 2.75) is 6.54 Å². The molecule has 2 heterocycles. The molecule has 1 aromatic heterocycles. The maximum atomic E-state index is 13.7. The second-order valence-electron chi connectivity index (χ2n) is 9.27. The normalized spacial score (nSPS) is 14.8. The van der Waals surface area contributed by atoms with Gasteiger partial charge in [0.05, 0.1) is 29.8 Å². The predicted molar refractivity (Wildman–Crippen MR) is 146 cm³/mol. The third-order valence-corrected chi connectivity index (χ3v) is 8.38. The molecule has 11 heteroatoms. The lowest BCUT2D eigenvalue weighted by atomic mass is 10.0. The van der Waals surface area contributed by atoms with E-state index in [0.29, 0.717) is 11.3 Å². The van der Waals surface area contributed by atoms with Crippen LogP contribution in [0.4, 0.5) is 10.5 Å². The third kappa shape index (κ3) is 5.24. The number of aryl methyl sites for hydroxylation is 1. The van der Waals surface area contributed by atoms with Gasteiger partial charge in [-0.3, -0.25) is 19.8 Å². The molecule has 196 valence electrons. The standard InChI is InChI=1S/C27H28N6O4S/c1-31-25-16-22(9-10-23(25)17-29-31)21-3-2-4-24(15-21)33(27(35)32-11-13-38(36,37)14-12-32)18-19-5-7-20(8-6-19)26(34)30-28/h2-10,15-17H,11-14,18,28H2,1H3,(H,30,34). The molecule has 3 amide bonds. The van der Waals surface area contributed by atoms with Crippen molar-refractivity contribution in [3.8, 4) is 11.1 Å². The van der Waals surface area contributed by atoms with Crippen LogP contribution in [0.15, 0.2) is 72.9 Å². The van der Waals surface area contributed by atoms with Crippen molar-refractivity contribution in [3.63, 3.8) is 0 Å². The highest BCUT2D eigenvalue weighted by Gasteiger charge is 2.29. The number of hydrogen-bond donors (Lipinski definition) is 2. The maximum absolute atomic E-state index is 13.7. The van der Waals surface area contributed by atoms with Gasteiger partial charge in [-0.25, -0.2) is 19.1 Å². The summed E-state index contributed by atoms with van der Waals surface area (Å²) in [4.78, 5) is 28.8. The van der Waals surface area contributed by atoms with Crippen LogP contribution in [-0.2, 0) is 23.4 Å². The SMILES string of the molecule is Cn1ncc2ccc(-c3cccc(N(Cc4ccc(C(=O)NN)cc4)C(=O)N4CCS(=O)(=O)CC4)c3)cc21. The fourth-order valence-electron chi connectivity index (χ4n) is 4.55. The molecule has 0 atom stereocenters. The number of aromatic nitrogens is 2. The summed E-state index contributed by atoms with van der Waals surface area (Å²) in [5.74, 6) is 4.71. The molecule has 0 radical (unpaired) electrons. The molecule has 1 saturated heterocycles.